The third-order valence-electron chi connectivity index (χ3n) is 2.51. The fraction of sp³-hybridized carbons (Fsp3) is 0.500. The molecule has 1 aliphatic rings. The zero-order valence-corrected chi connectivity index (χ0v) is 8.84. The summed E-state index contributed by atoms with van der Waals surface area (Å²) in [5.41, 5.74) is 2.54. The van der Waals surface area contributed by atoms with Crippen molar-refractivity contribution >= 4 is 0 Å². The Labute approximate surface area is 85.3 Å². The molecule has 0 unspecified atom stereocenters. The van der Waals surface area contributed by atoms with E-state index in [0.29, 0.717) is 6.10 Å². The Morgan fingerprint density at radius 1 is 1.21 bits per heavy atom. The molecule has 1 atom stereocenters. The van der Waals surface area contributed by atoms with Gasteiger partial charge in [-0.2, -0.15) is 0 Å². The van der Waals surface area contributed by atoms with Gasteiger partial charge >= 0.3 is 0 Å². The zero-order chi connectivity index (χ0) is 9.97. The summed E-state index contributed by atoms with van der Waals surface area (Å²) in [6, 6.07) is 6.37. The van der Waals surface area contributed by atoms with Crippen LogP contribution in [-0.4, -0.2) is 19.2 Å². The van der Waals surface area contributed by atoms with Gasteiger partial charge < -0.3 is 10.1 Å². The molecule has 76 valence electrons. The second-order valence-corrected chi connectivity index (χ2v) is 4.06. The fourth-order valence-corrected chi connectivity index (χ4v) is 1.92. The van der Waals surface area contributed by atoms with E-state index >= 15 is 0 Å². The highest BCUT2D eigenvalue weighted by atomic mass is 16.5. The summed E-state index contributed by atoms with van der Waals surface area (Å²) in [4.78, 5) is 0. The highest BCUT2D eigenvalue weighted by Crippen LogP contribution is 2.19. The van der Waals surface area contributed by atoms with E-state index in [9.17, 15) is 0 Å². The third kappa shape index (κ3) is 2.26. The van der Waals surface area contributed by atoms with Crippen LogP contribution >= 0.6 is 0 Å². The topological polar surface area (TPSA) is 21.3 Å². The normalized spacial score (nSPS) is 21.1. The molecule has 1 aromatic rings. The standard InChI is InChI=1S/C12H17NO/c1-9-5-10(2)7-12(6-9)14-11-3-4-13-8-11/h5-7,11,13H,3-4,8H2,1-2H3/t11-/m0/s1. The van der Waals surface area contributed by atoms with E-state index < -0.39 is 0 Å². The maximum absolute atomic E-state index is 5.87. The van der Waals surface area contributed by atoms with Crippen molar-refractivity contribution in [1.82, 2.24) is 5.32 Å². The largest absolute Gasteiger partial charge is 0.489 e. The van der Waals surface area contributed by atoms with Crippen molar-refractivity contribution < 1.29 is 4.74 Å². The number of benzene rings is 1. The van der Waals surface area contributed by atoms with Crippen LogP contribution in [0.15, 0.2) is 18.2 Å². The number of hydrogen-bond acceptors (Lipinski definition) is 2. The number of hydrogen-bond donors (Lipinski definition) is 1. The minimum atomic E-state index is 0.358. The average molecular weight is 191 g/mol. The molecule has 1 aromatic carbocycles. The first-order valence-electron chi connectivity index (χ1n) is 5.20. The Kier molecular flexibility index (Phi) is 2.73. The molecule has 1 saturated heterocycles. The van der Waals surface area contributed by atoms with E-state index in [1.807, 2.05) is 0 Å². The number of rotatable bonds is 2. The number of aryl methyl sites for hydroxylation is 2. The lowest BCUT2D eigenvalue weighted by molar-refractivity contribution is 0.223. The van der Waals surface area contributed by atoms with Crippen molar-refractivity contribution in [2.45, 2.75) is 26.4 Å². The van der Waals surface area contributed by atoms with Crippen LogP contribution in [-0.2, 0) is 0 Å². The van der Waals surface area contributed by atoms with Crippen LogP contribution < -0.4 is 10.1 Å². The maximum atomic E-state index is 5.87. The molecular formula is C12H17NO. The van der Waals surface area contributed by atoms with Gasteiger partial charge in [0.2, 0.25) is 0 Å². The van der Waals surface area contributed by atoms with Gasteiger partial charge in [-0.3, -0.25) is 0 Å². The summed E-state index contributed by atoms with van der Waals surface area (Å²) in [5.74, 6) is 1.01. The molecule has 0 radical (unpaired) electrons. The molecule has 2 nitrogen and oxygen atoms in total. The van der Waals surface area contributed by atoms with Crippen LogP contribution in [0.2, 0.25) is 0 Å². The fourth-order valence-electron chi connectivity index (χ4n) is 1.92. The van der Waals surface area contributed by atoms with Gasteiger partial charge in [-0.25, -0.2) is 0 Å². The van der Waals surface area contributed by atoms with Crippen LogP contribution in [0.4, 0.5) is 0 Å². The summed E-state index contributed by atoms with van der Waals surface area (Å²) < 4.78 is 5.87. The van der Waals surface area contributed by atoms with Crippen molar-refractivity contribution in [2.75, 3.05) is 13.1 Å². The minimum absolute atomic E-state index is 0.358. The van der Waals surface area contributed by atoms with E-state index in [1.165, 1.54) is 11.1 Å². The van der Waals surface area contributed by atoms with Gasteiger partial charge in [0.15, 0.2) is 0 Å². The van der Waals surface area contributed by atoms with Crippen LogP contribution in [0, 0.1) is 13.8 Å². The molecule has 0 bridgehead atoms. The summed E-state index contributed by atoms with van der Waals surface area (Å²) in [5, 5.41) is 3.30. The first kappa shape index (κ1) is 9.53. The minimum Gasteiger partial charge on any atom is -0.489 e. The predicted octanol–water partition coefficient (Wildman–Crippen LogP) is 2.04. The molecule has 0 aromatic heterocycles. The van der Waals surface area contributed by atoms with Crippen molar-refractivity contribution in [2.24, 2.45) is 0 Å². The SMILES string of the molecule is Cc1cc(C)cc(O[C@H]2CCNC2)c1. The van der Waals surface area contributed by atoms with Gasteiger partial charge in [0.1, 0.15) is 11.9 Å². The van der Waals surface area contributed by atoms with E-state index in [1.54, 1.807) is 0 Å². The second kappa shape index (κ2) is 4.01. The summed E-state index contributed by atoms with van der Waals surface area (Å²) in [7, 11) is 0. The summed E-state index contributed by atoms with van der Waals surface area (Å²) >= 11 is 0. The lowest BCUT2D eigenvalue weighted by Gasteiger charge is -2.13. The number of ether oxygens (including phenoxy) is 1. The van der Waals surface area contributed by atoms with Gasteiger partial charge in [0.05, 0.1) is 0 Å². The molecule has 0 aliphatic carbocycles. The molecule has 1 fully saturated rings. The molecule has 1 aliphatic heterocycles. The zero-order valence-electron chi connectivity index (χ0n) is 8.84. The monoisotopic (exact) mass is 191 g/mol. The first-order chi connectivity index (χ1) is 6.74. The first-order valence-corrected chi connectivity index (χ1v) is 5.20. The Bertz CT molecular complexity index is 296. The predicted molar refractivity (Wildman–Crippen MR) is 57.8 cm³/mol. The van der Waals surface area contributed by atoms with Gasteiger partial charge in [-0.05, 0) is 50.1 Å². The third-order valence-corrected chi connectivity index (χ3v) is 2.51. The lowest BCUT2D eigenvalue weighted by atomic mass is 10.1. The second-order valence-electron chi connectivity index (χ2n) is 4.06. The molecule has 2 heteroatoms. The molecule has 1 N–H and O–H groups in total. The molecule has 0 amide bonds. The van der Waals surface area contributed by atoms with E-state index in [2.05, 4.69) is 37.4 Å². The van der Waals surface area contributed by atoms with Crippen LogP contribution in [0.3, 0.4) is 0 Å². The molecule has 0 spiro atoms. The van der Waals surface area contributed by atoms with Crippen molar-refractivity contribution in [3.05, 3.63) is 29.3 Å². The van der Waals surface area contributed by atoms with Gasteiger partial charge in [0.25, 0.3) is 0 Å². The van der Waals surface area contributed by atoms with Gasteiger partial charge in [0, 0.05) is 6.54 Å². The summed E-state index contributed by atoms with van der Waals surface area (Å²) in [6.45, 7) is 6.27. The van der Waals surface area contributed by atoms with Crippen molar-refractivity contribution in [3.63, 3.8) is 0 Å². The Morgan fingerprint density at radius 3 is 2.50 bits per heavy atom. The van der Waals surface area contributed by atoms with Gasteiger partial charge in [-0.1, -0.05) is 6.07 Å². The maximum Gasteiger partial charge on any atom is 0.120 e. The van der Waals surface area contributed by atoms with E-state index in [0.717, 1.165) is 25.3 Å². The molecule has 0 saturated carbocycles. The smallest absolute Gasteiger partial charge is 0.120 e. The van der Waals surface area contributed by atoms with E-state index in [4.69, 9.17) is 4.74 Å². The lowest BCUT2D eigenvalue weighted by Crippen LogP contribution is -2.19. The Hall–Kier alpha value is -1.02. The van der Waals surface area contributed by atoms with E-state index in [-0.39, 0.29) is 0 Å². The van der Waals surface area contributed by atoms with Crippen LogP contribution in [0.5, 0.6) is 5.75 Å². The highest BCUT2D eigenvalue weighted by molar-refractivity contribution is 5.33. The molecule has 14 heavy (non-hydrogen) atoms. The Balaban J connectivity index is 2.07. The average Bonchev–Trinajstić information content (AvgIpc) is 2.54. The van der Waals surface area contributed by atoms with Gasteiger partial charge in [-0.15, -0.1) is 0 Å². The molecule has 1 heterocycles. The molecular weight excluding hydrogens is 174 g/mol. The Morgan fingerprint density at radius 2 is 1.93 bits per heavy atom. The van der Waals surface area contributed by atoms with Crippen LogP contribution in [0.25, 0.3) is 0 Å². The van der Waals surface area contributed by atoms with Crippen LogP contribution in [0.1, 0.15) is 17.5 Å². The number of nitrogens with one attached hydrogen (secondary N) is 1. The molecule has 2 rings (SSSR count). The highest BCUT2D eigenvalue weighted by Gasteiger charge is 2.15. The van der Waals surface area contributed by atoms with Crippen molar-refractivity contribution in [1.29, 1.82) is 0 Å². The summed E-state index contributed by atoms with van der Waals surface area (Å²) in [6.07, 6.45) is 1.48. The quantitative estimate of drug-likeness (QED) is 0.772. The van der Waals surface area contributed by atoms with Crippen molar-refractivity contribution in [3.8, 4) is 5.75 Å².